The van der Waals surface area contributed by atoms with E-state index in [9.17, 15) is 10.1 Å². The van der Waals surface area contributed by atoms with Crippen molar-refractivity contribution in [3.63, 3.8) is 0 Å². The highest BCUT2D eigenvalue weighted by atomic mass is 16.6. The van der Waals surface area contributed by atoms with Crippen LogP contribution in [0.5, 0.6) is 0 Å². The number of tetrazole rings is 1. The molecular weight excluding hydrogens is 272 g/mol. The number of non-ortho nitro benzene ring substituents is 1. The summed E-state index contributed by atoms with van der Waals surface area (Å²) in [7, 11) is 0. The number of nitrogens with zero attached hydrogens (tertiary/aromatic N) is 5. The largest absolute Gasteiger partial charge is 0.307 e. The third kappa shape index (κ3) is 3.82. The number of hydrogen-bond acceptors (Lipinski definition) is 6. The van der Waals surface area contributed by atoms with Gasteiger partial charge in [0.2, 0.25) is 0 Å². The minimum absolute atomic E-state index is 0.0265. The van der Waals surface area contributed by atoms with Crippen LogP contribution in [0.2, 0.25) is 0 Å². The van der Waals surface area contributed by atoms with Crippen LogP contribution in [-0.4, -0.2) is 31.7 Å². The van der Waals surface area contributed by atoms with Crippen LogP contribution >= 0.6 is 0 Å². The van der Waals surface area contributed by atoms with Gasteiger partial charge in [0.25, 0.3) is 5.69 Å². The van der Waals surface area contributed by atoms with Crippen LogP contribution in [0.15, 0.2) is 24.3 Å². The summed E-state index contributed by atoms with van der Waals surface area (Å²) in [4.78, 5) is 10.4. The smallest absolute Gasteiger partial charge is 0.269 e. The normalized spacial score (nSPS) is 12.3. The standard InChI is InChI=1S/C13H18N6O2/c1-3-7-14-10(2)13-15-16-17-18(13)9-11-5-4-6-12(8-11)19(20)21/h4-6,8,10,14H,3,7,9H2,1-2H3. The van der Waals surface area contributed by atoms with Gasteiger partial charge in [-0.3, -0.25) is 10.1 Å². The zero-order valence-corrected chi connectivity index (χ0v) is 12.1. The van der Waals surface area contributed by atoms with Gasteiger partial charge < -0.3 is 5.32 Å². The highest BCUT2D eigenvalue weighted by Crippen LogP contribution is 2.15. The van der Waals surface area contributed by atoms with Crippen molar-refractivity contribution in [2.24, 2.45) is 0 Å². The Bertz CT molecular complexity index is 612. The second kappa shape index (κ2) is 6.89. The Hall–Kier alpha value is -2.35. The van der Waals surface area contributed by atoms with Crippen LogP contribution in [-0.2, 0) is 6.54 Å². The van der Waals surface area contributed by atoms with E-state index >= 15 is 0 Å². The summed E-state index contributed by atoms with van der Waals surface area (Å²) in [5.41, 5.74) is 0.861. The molecule has 8 nitrogen and oxygen atoms in total. The molecule has 1 aromatic heterocycles. The van der Waals surface area contributed by atoms with Gasteiger partial charge in [0.1, 0.15) is 0 Å². The fourth-order valence-corrected chi connectivity index (χ4v) is 2.03. The molecule has 1 atom stereocenters. The predicted molar refractivity (Wildman–Crippen MR) is 76.7 cm³/mol. The van der Waals surface area contributed by atoms with Crippen LogP contribution in [0.1, 0.15) is 37.7 Å². The van der Waals surface area contributed by atoms with E-state index in [4.69, 9.17) is 0 Å². The van der Waals surface area contributed by atoms with Crippen molar-refractivity contribution >= 4 is 5.69 Å². The molecule has 2 aromatic rings. The Morgan fingerprint density at radius 3 is 3.00 bits per heavy atom. The van der Waals surface area contributed by atoms with Crippen LogP contribution in [0, 0.1) is 10.1 Å². The fourth-order valence-electron chi connectivity index (χ4n) is 2.03. The molecule has 21 heavy (non-hydrogen) atoms. The molecule has 1 N–H and O–H groups in total. The van der Waals surface area contributed by atoms with E-state index in [1.54, 1.807) is 10.7 Å². The molecule has 2 rings (SSSR count). The van der Waals surface area contributed by atoms with Crippen LogP contribution < -0.4 is 5.32 Å². The number of nitro groups is 1. The highest BCUT2D eigenvalue weighted by molar-refractivity contribution is 5.34. The molecule has 1 unspecified atom stereocenters. The fraction of sp³-hybridized carbons (Fsp3) is 0.462. The number of hydrogen-bond donors (Lipinski definition) is 1. The summed E-state index contributed by atoms with van der Waals surface area (Å²) in [6.07, 6.45) is 1.02. The average Bonchev–Trinajstić information content (AvgIpc) is 2.93. The molecule has 0 fully saturated rings. The van der Waals surface area contributed by atoms with Crippen LogP contribution in [0.3, 0.4) is 0 Å². The molecule has 1 aromatic carbocycles. The summed E-state index contributed by atoms with van der Waals surface area (Å²) in [6, 6.07) is 6.52. The minimum Gasteiger partial charge on any atom is -0.307 e. The summed E-state index contributed by atoms with van der Waals surface area (Å²) >= 11 is 0. The van der Waals surface area contributed by atoms with Gasteiger partial charge in [0.05, 0.1) is 17.5 Å². The quantitative estimate of drug-likeness (QED) is 0.615. The molecule has 8 heteroatoms. The highest BCUT2D eigenvalue weighted by Gasteiger charge is 2.14. The SMILES string of the molecule is CCCNC(C)c1nnnn1Cc1cccc([N+](=O)[O-])c1. The van der Waals surface area contributed by atoms with Gasteiger partial charge in [-0.25, -0.2) is 4.68 Å². The van der Waals surface area contributed by atoms with Crippen LogP contribution in [0.4, 0.5) is 5.69 Å². The van der Waals surface area contributed by atoms with E-state index in [1.807, 2.05) is 13.0 Å². The monoisotopic (exact) mass is 290 g/mol. The first-order chi connectivity index (χ1) is 10.1. The average molecular weight is 290 g/mol. The Morgan fingerprint density at radius 2 is 2.29 bits per heavy atom. The minimum atomic E-state index is -0.407. The van der Waals surface area contributed by atoms with E-state index in [2.05, 4.69) is 27.8 Å². The van der Waals surface area contributed by atoms with Gasteiger partial charge in [0, 0.05) is 12.1 Å². The first-order valence-electron chi connectivity index (χ1n) is 6.84. The first-order valence-corrected chi connectivity index (χ1v) is 6.84. The Labute approximate surface area is 122 Å². The van der Waals surface area contributed by atoms with Gasteiger partial charge in [-0.05, 0) is 35.9 Å². The Kier molecular flexibility index (Phi) is 4.94. The summed E-state index contributed by atoms with van der Waals surface area (Å²) in [6.45, 7) is 5.37. The zero-order chi connectivity index (χ0) is 15.2. The summed E-state index contributed by atoms with van der Waals surface area (Å²) in [5, 5.41) is 25.8. The molecular formula is C13H18N6O2. The van der Waals surface area contributed by atoms with Gasteiger partial charge in [0.15, 0.2) is 5.82 Å². The van der Waals surface area contributed by atoms with Crippen molar-refractivity contribution < 1.29 is 4.92 Å². The lowest BCUT2D eigenvalue weighted by molar-refractivity contribution is -0.384. The molecule has 1 heterocycles. The van der Waals surface area contributed by atoms with Crippen molar-refractivity contribution in [2.45, 2.75) is 32.9 Å². The molecule has 0 radical (unpaired) electrons. The van der Waals surface area contributed by atoms with Gasteiger partial charge >= 0.3 is 0 Å². The number of rotatable bonds is 7. The van der Waals surface area contributed by atoms with E-state index in [0.29, 0.717) is 6.54 Å². The topological polar surface area (TPSA) is 98.8 Å². The lowest BCUT2D eigenvalue weighted by atomic mass is 10.2. The molecule has 0 aliphatic carbocycles. The number of nitrogens with one attached hydrogen (secondary N) is 1. The first kappa shape index (κ1) is 15.0. The second-order valence-corrected chi connectivity index (χ2v) is 4.80. The van der Waals surface area contributed by atoms with Gasteiger partial charge in [-0.1, -0.05) is 19.1 Å². The number of benzene rings is 1. The summed E-state index contributed by atoms with van der Waals surface area (Å²) in [5.74, 6) is 0.718. The maximum atomic E-state index is 10.8. The molecule has 0 saturated carbocycles. The van der Waals surface area contributed by atoms with Crippen molar-refractivity contribution in [1.82, 2.24) is 25.5 Å². The van der Waals surface area contributed by atoms with Crippen molar-refractivity contribution in [3.05, 3.63) is 45.8 Å². The molecule has 0 aliphatic rings. The summed E-state index contributed by atoms with van der Waals surface area (Å²) < 4.78 is 1.66. The molecule has 0 aliphatic heterocycles. The van der Waals surface area contributed by atoms with Gasteiger partial charge in [-0.2, -0.15) is 0 Å². The van der Waals surface area contributed by atoms with E-state index < -0.39 is 4.92 Å². The van der Waals surface area contributed by atoms with E-state index in [0.717, 1.165) is 24.4 Å². The number of aromatic nitrogens is 4. The maximum Gasteiger partial charge on any atom is 0.269 e. The van der Waals surface area contributed by atoms with Crippen LogP contribution in [0.25, 0.3) is 0 Å². The molecule has 0 saturated heterocycles. The maximum absolute atomic E-state index is 10.8. The second-order valence-electron chi connectivity index (χ2n) is 4.80. The predicted octanol–water partition coefficient (Wildman–Crippen LogP) is 1.69. The van der Waals surface area contributed by atoms with Crippen molar-refractivity contribution in [2.75, 3.05) is 6.54 Å². The third-order valence-electron chi connectivity index (χ3n) is 3.10. The molecule has 0 bridgehead atoms. The Morgan fingerprint density at radius 1 is 1.48 bits per heavy atom. The van der Waals surface area contributed by atoms with Crippen molar-refractivity contribution in [1.29, 1.82) is 0 Å². The lowest BCUT2D eigenvalue weighted by Crippen LogP contribution is -2.23. The van der Waals surface area contributed by atoms with E-state index in [1.165, 1.54) is 12.1 Å². The molecule has 0 amide bonds. The molecule has 112 valence electrons. The Balaban J connectivity index is 2.15. The zero-order valence-electron chi connectivity index (χ0n) is 12.1. The van der Waals surface area contributed by atoms with Gasteiger partial charge in [-0.15, -0.1) is 5.10 Å². The lowest BCUT2D eigenvalue weighted by Gasteiger charge is -2.12. The number of nitro benzene ring substituents is 1. The third-order valence-corrected chi connectivity index (χ3v) is 3.10. The van der Waals surface area contributed by atoms with Crippen molar-refractivity contribution in [3.8, 4) is 0 Å². The van der Waals surface area contributed by atoms with E-state index in [-0.39, 0.29) is 11.7 Å². The molecule has 0 spiro atoms.